The van der Waals surface area contributed by atoms with Gasteiger partial charge in [0, 0.05) is 5.56 Å². The number of rotatable bonds is 4. The van der Waals surface area contributed by atoms with E-state index in [1.165, 1.54) is 12.1 Å². The number of hydrogen-bond acceptors (Lipinski definition) is 3. The molecule has 4 N–H and O–H groups in total. The van der Waals surface area contributed by atoms with E-state index in [1.807, 2.05) is 0 Å². The molecular formula is C12H14N2O2S. The maximum atomic E-state index is 11.9. The molecule has 0 bridgehead atoms. The second kappa shape index (κ2) is 4.71. The number of amides is 1. The van der Waals surface area contributed by atoms with Gasteiger partial charge >= 0.3 is 0 Å². The normalized spacial score (nSPS) is 16.2. The van der Waals surface area contributed by atoms with Crippen LogP contribution in [-0.2, 0) is 0 Å². The fraction of sp³-hybridized carbons (Fsp3) is 0.333. The van der Waals surface area contributed by atoms with Crippen LogP contribution in [0.5, 0.6) is 5.75 Å². The molecule has 1 unspecified atom stereocenters. The molecule has 0 aliphatic heterocycles. The summed E-state index contributed by atoms with van der Waals surface area (Å²) < 4.78 is 0. The molecule has 1 fully saturated rings. The summed E-state index contributed by atoms with van der Waals surface area (Å²) in [6.45, 7) is 0. The van der Waals surface area contributed by atoms with Crippen LogP contribution in [0.3, 0.4) is 0 Å². The molecule has 5 heteroatoms. The van der Waals surface area contributed by atoms with Gasteiger partial charge in [-0.2, -0.15) is 0 Å². The van der Waals surface area contributed by atoms with Crippen LogP contribution >= 0.6 is 12.2 Å². The Morgan fingerprint density at radius 1 is 1.53 bits per heavy atom. The van der Waals surface area contributed by atoms with Crippen molar-refractivity contribution in [2.75, 3.05) is 0 Å². The lowest BCUT2D eigenvalue weighted by molar-refractivity contribution is 0.0943. The number of thiocarbonyl (C=S) groups is 1. The summed E-state index contributed by atoms with van der Waals surface area (Å²) in [4.78, 5) is 12.2. The van der Waals surface area contributed by atoms with Crippen molar-refractivity contribution in [2.45, 2.75) is 18.9 Å². The number of phenolic OH excluding ortho intramolecular Hbond substituents is 1. The van der Waals surface area contributed by atoms with Crippen LogP contribution in [0, 0.1) is 5.92 Å². The number of benzene rings is 1. The van der Waals surface area contributed by atoms with Gasteiger partial charge in [-0.15, -0.1) is 0 Å². The Morgan fingerprint density at radius 2 is 2.24 bits per heavy atom. The van der Waals surface area contributed by atoms with Crippen molar-refractivity contribution in [3.8, 4) is 5.75 Å². The van der Waals surface area contributed by atoms with Gasteiger partial charge in [-0.25, -0.2) is 0 Å². The zero-order valence-corrected chi connectivity index (χ0v) is 10.0. The van der Waals surface area contributed by atoms with Crippen molar-refractivity contribution in [2.24, 2.45) is 11.7 Å². The Kier molecular flexibility index (Phi) is 3.28. The van der Waals surface area contributed by atoms with Crippen LogP contribution in [-0.4, -0.2) is 22.0 Å². The first-order valence-corrected chi connectivity index (χ1v) is 5.88. The third-order valence-electron chi connectivity index (χ3n) is 2.79. The average molecular weight is 250 g/mol. The lowest BCUT2D eigenvalue weighted by Crippen LogP contribution is -2.45. The molecule has 0 saturated heterocycles. The number of aromatic hydroxyl groups is 1. The number of carbonyl (C=O) groups excluding carboxylic acids is 1. The summed E-state index contributed by atoms with van der Waals surface area (Å²) in [7, 11) is 0. The van der Waals surface area contributed by atoms with Crippen LogP contribution in [0.15, 0.2) is 24.3 Å². The van der Waals surface area contributed by atoms with Gasteiger partial charge in [-0.1, -0.05) is 18.3 Å². The number of carbonyl (C=O) groups is 1. The van der Waals surface area contributed by atoms with E-state index < -0.39 is 0 Å². The second-order valence-electron chi connectivity index (χ2n) is 4.24. The van der Waals surface area contributed by atoms with Gasteiger partial charge < -0.3 is 16.2 Å². The molecule has 0 radical (unpaired) electrons. The Labute approximate surface area is 105 Å². The van der Waals surface area contributed by atoms with E-state index in [0.717, 1.165) is 12.8 Å². The van der Waals surface area contributed by atoms with Crippen molar-refractivity contribution in [1.82, 2.24) is 5.32 Å². The molecule has 90 valence electrons. The molecule has 1 atom stereocenters. The predicted octanol–water partition coefficient (Wildman–Crippen LogP) is 1.19. The number of nitrogens with one attached hydrogen (secondary N) is 1. The minimum absolute atomic E-state index is 0.0657. The number of hydrogen-bond donors (Lipinski definition) is 3. The topological polar surface area (TPSA) is 75.3 Å². The first-order valence-electron chi connectivity index (χ1n) is 5.47. The van der Waals surface area contributed by atoms with Crippen molar-refractivity contribution < 1.29 is 9.90 Å². The summed E-state index contributed by atoms with van der Waals surface area (Å²) in [5, 5.41) is 12.1. The van der Waals surface area contributed by atoms with E-state index in [0.29, 0.717) is 16.5 Å². The van der Waals surface area contributed by atoms with E-state index in [9.17, 15) is 9.90 Å². The van der Waals surface area contributed by atoms with Crippen LogP contribution in [0.4, 0.5) is 0 Å². The lowest BCUT2D eigenvalue weighted by Gasteiger charge is -2.16. The van der Waals surface area contributed by atoms with E-state index in [4.69, 9.17) is 18.0 Å². The first kappa shape index (κ1) is 11.9. The van der Waals surface area contributed by atoms with Gasteiger partial charge in [-0.3, -0.25) is 4.79 Å². The number of phenols is 1. The second-order valence-corrected chi connectivity index (χ2v) is 4.71. The van der Waals surface area contributed by atoms with Crippen molar-refractivity contribution >= 4 is 23.1 Å². The van der Waals surface area contributed by atoms with E-state index >= 15 is 0 Å². The molecule has 1 aromatic rings. The lowest BCUT2D eigenvalue weighted by atomic mass is 10.1. The van der Waals surface area contributed by atoms with E-state index in [1.54, 1.807) is 12.1 Å². The molecule has 0 spiro atoms. The quantitative estimate of drug-likeness (QED) is 0.702. The Hall–Kier alpha value is -1.62. The average Bonchev–Trinajstić information content (AvgIpc) is 3.09. The van der Waals surface area contributed by atoms with E-state index in [2.05, 4.69) is 5.32 Å². The van der Waals surface area contributed by atoms with Gasteiger partial charge in [0.15, 0.2) is 0 Å². The van der Waals surface area contributed by atoms with Crippen molar-refractivity contribution in [3.63, 3.8) is 0 Å². The standard InChI is InChI=1S/C12H14N2O2S/c13-11(17)10(7-4-5-7)14-12(16)8-2-1-3-9(15)6-8/h1-3,6-7,10,15H,4-5H2,(H2,13,17)(H,14,16). The van der Waals surface area contributed by atoms with Crippen LogP contribution in [0.25, 0.3) is 0 Å². The highest BCUT2D eigenvalue weighted by atomic mass is 32.1. The zero-order valence-electron chi connectivity index (χ0n) is 9.22. The Morgan fingerprint density at radius 3 is 2.76 bits per heavy atom. The highest BCUT2D eigenvalue weighted by molar-refractivity contribution is 7.80. The highest BCUT2D eigenvalue weighted by Gasteiger charge is 2.34. The van der Waals surface area contributed by atoms with Crippen molar-refractivity contribution in [1.29, 1.82) is 0 Å². The largest absolute Gasteiger partial charge is 0.508 e. The Bertz CT molecular complexity index is 458. The fourth-order valence-electron chi connectivity index (χ4n) is 1.72. The van der Waals surface area contributed by atoms with Crippen LogP contribution in [0.1, 0.15) is 23.2 Å². The van der Waals surface area contributed by atoms with Crippen molar-refractivity contribution in [3.05, 3.63) is 29.8 Å². The molecule has 2 rings (SSSR count). The summed E-state index contributed by atoms with van der Waals surface area (Å²) in [5.74, 6) is 0.176. The molecule has 1 amide bonds. The third kappa shape index (κ3) is 2.94. The van der Waals surface area contributed by atoms with Crippen LogP contribution < -0.4 is 11.1 Å². The van der Waals surface area contributed by atoms with Gasteiger partial charge in [-0.05, 0) is 37.0 Å². The number of nitrogens with two attached hydrogens (primary N) is 1. The third-order valence-corrected chi connectivity index (χ3v) is 3.05. The van der Waals surface area contributed by atoms with Crippen LogP contribution in [0.2, 0.25) is 0 Å². The summed E-state index contributed by atoms with van der Waals surface area (Å²) >= 11 is 4.94. The predicted molar refractivity (Wildman–Crippen MR) is 68.9 cm³/mol. The fourth-order valence-corrected chi connectivity index (χ4v) is 1.97. The van der Waals surface area contributed by atoms with E-state index in [-0.39, 0.29) is 17.7 Å². The van der Waals surface area contributed by atoms with Gasteiger partial charge in [0.05, 0.1) is 11.0 Å². The maximum Gasteiger partial charge on any atom is 0.251 e. The molecule has 1 aliphatic carbocycles. The SMILES string of the molecule is NC(=S)C(NC(=O)c1cccc(O)c1)C1CC1. The first-order chi connectivity index (χ1) is 8.08. The highest BCUT2D eigenvalue weighted by Crippen LogP contribution is 2.32. The monoisotopic (exact) mass is 250 g/mol. The summed E-state index contributed by atoms with van der Waals surface area (Å²) in [6, 6.07) is 5.96. The summed E-state index contributed by atoms with van der Waals surface area (Å²) in [5.41, 5.74) is 6.01. The molecule has 1 aromatic carbocycles. The minimum Gasteiger partial charge on any atom is -0.508 e. The molecule has 17 heavy (non-hydrogen) atoms. The van der Waals surface area contributed by atoms with Gasteiger partial charge in [0.1, 0.15) is 5.75 Å². The molecule has 0 aromatic heterocycles. The molecular weight excluding hydrogens is 236 g/mol. The minimum atomic E-state index is -0.259. The molecule has 4 nitrogen and oxygen atoms in total. The smallest absolute Gasteiger partial charge is 0.251 e. The molecule has 0 heterocycles. The van der Waals surface area contributed by atoms with Gasteiger partial charge in [0.25, 0.3) is 5.91 Å². The molecule has 1 aliphatic rings. The zero-order chi connectivity index (χ0) is 12.4. The Balaban J connectivity index is 2.07. The molecule has 1 saturated carbocycles. The summed E-state index contributed by atoms with van der Waals surface area (Å²) in [6.07, 6.45) is 2.09. The van der Waals surface area contributed by atoms with Gasteiger partial charge in [0.2, 0.25) is 0 Å². The maximum absolute atomic E-state index is 11.9.